The first kappa shape index (κ1) is 20.9. The fourth-order valence-electron chi connectivity index (χ4n) is 3.83. The minimum absolute atomic E-state index is 0.0891. The number of amides is 1. The summed E-state index contributed by atoms with van der Waals surface area (Å²) in [6.45, 7) is 1.01. The lowest BCUT2D eigenvalue weighted by Crippen LogP contribution is -2.26. The summed E-state index contributed by atoms with van der Waals surface area (Å²) >= 11 is 4.20. The number of imidazole rings is 1. The summed E-state index contributed by atoms with van der Waals surface area (Å²) < 4.78 is 2.11. The monoisotopic (exact) mass is 452 g/mol. The van der Waals surface area contributed by atoms with Crippen LogP contribution in [0.4, 0.5) is 0 Å². The molecule has 33 heavy (non-hydrogen) atoms. The van der Waals surface area contributed by atoms with Crippen molar-refractivity contribution in [2.24, 2.45) is 0 Å². The smallest absolute Gasteiger partial charge is 0.224 e. The first-order chi connectivity index (χ1) is 16.2. The van der Waals surface area contributed by atoms with Gasteiger partial charge in [-0.25, -0.2) is 15.0 Å². The van der Waals surface area contributed by atoms with E-state index in [0.717, 1.165) is 34.0 Å². The van der Waals surface area contributed by atoms with Crippen LogP contribution in [0.1, 0.15) is 29.2 Å². The third-order valence-corrected chi connectivity index (χ3v) is 5.57. The zero-order valence-corrected chi connectivity index (χ0v) is 18.6. The summed E-state index contributed by atoms with van der Waals surface area (Å²) in [5.74, 6) is 8.04. The Bertz CT molecular complexity index is 1360. The number of nitrogens with zero attached hydrogens (tertiary/aromatic N) is 6. The van der Waals surface area contributed by atoms with E-state index in [1.54, 1.807) is 30.9 Å². The van der Waals surface area contributed by atoms with Gasteiger partial charge in [0, 0.05) is 42.3 Å². The van der Waals surface area contributed by atoms with Gasteiger partial charge in [-0.05, 0) is 42.0 Å². The molecule has 4 heterocycles. The van der Waals surface area contributed by atoms with E-state index in [1.807, 2.05) is 41.3 Å². The molecule has 0 unspecified atom stereocenters. The quantitative estimate of drug-likeness (QED) is 0.380. The number of carbonyl (C=O) groups excluding carboxylic acids is 1. The third kappa shape index (κ3) is 4.36. The SMILES string of the molecule is O=C(CCS)N1Cc2nc(-c3cccc(C#Cc4ncccn4)c3)n(-c3ccncc3)c2C1. The number of pyridine rings is 1. The Kier molecular flexibility index (Phi) is 5.87. The fraction of sp³-hybridized carbons (Fsp3) is 0.160. The molecule has 4 aromatic rings. The van der Waals surface area contributed by atoms with Crippen LogP contribution in [0.25, 0.3) is 17.1 Å². The predicted octanol–water partition coefficient (Wildman–Crippen LogP) is 3.29. The molecular weight excluding hydrogens is 432 g/mol. The first-order valence-corrected chi connectivity index (χ1v) is 11.1. The van der Waals surface area contributed by atoms with Gasteiger partial charge in [-0.2, -0.15) is 12.6 Å². The average Bonchev–Trinajstić information content (AvgIpc) is 3.43. The molecule has 0 N–H and O–H groups in total. The summed E-state index contributed by atoms with van der Waals surface area (Å²) in [5, 5.41) is 0. The highest BCUT2D eigenvalue weighted by molar-refractivity contribution is 7.80. The number of hydrogen-bond donors (Lipinski definition) is 1. The first-order valence-electron chi connectivity index (χ1n) is 10.5. The van der Waals surface area contributed by atoms with E-state index in [-0.39, 0.29) is 5.91 Å². The third-order valence-electron chi connectivity index (χ3n) is 5.34. The molecule has 0 atom stereocenters. The van der Waals surface area contributed by atoms with Gasteiger partial charge in [0.25, 0.3) is 0 Å². The van der Waals surface area contributed by atoms with E-state index in [2.05, 4.69) is 44.0 Å². The Labute approximate surface area is 197 Å². The second-order valence-corrected chi connectivity index (χ2v) is 7.94. The van der Waals surface area contributed by atoms with Gasteiger partial charge in [0.1, 0.15) is 5.82 Å². The summed E-state index contributed by atoms with van der Waals surface area (Å²) in [6, 6.07) is 13.6. The number of rotatable bonds is 4. The lowest BCUT2D eigenvalue weighted by atomic mass is 10.1. The molecule has 0 saturated heterocycles. The lowest BCUT2D eigenvalue weighted by Gasteiger charge is -2.17. The zero-order chi connectivity index (χ0) is 22.6. The van der Waals surface area contributed by atoms with Crippen molar-refractivity contribution >= 4 is 18.5 Å². The lowest BCUT2D eigenvalue weighted by molar-refractivity contribution is -0.131. The standard InChI is InChI=1S/C25H20N6OS/c32-24(9-14-33)30-16-21-22(17-30)31(20-7-12-26-13-8-20)25(29-21)19-4-1-3-18(15-19)5-6-23-27-10-2-11-28-23/h1-4,7-8,10-13,15,33H,9,14,16-17H2. The molecule has 162 valence electrons. The number of aromatic nitrogens is 5. The van der Waals surface area contributed by atoms with Gasteiger partial charge in [0.2, 0.25) is 11.7 Å². The van der Waals surface area contributed by atoms with Crippen molar-refractivity contribution in [3.05, 3.63) is 90.0 Å². The second-order valence-electron chi connectivity index (χ2n) is 7.50. The van der Waals surface area contributed by atoms with E-state index in [4.69, 9.17) is 4.98 Å². The van der Waals surface area contributed by atoms with Gasteiger partial charge in [-0.3, -0.25) is 14.3 Å². The molecule has 0 radical (unpaired) electrons. The highest BCUT2D eigenvalue weighted by Crippen LogP contribution is 2.32. The van der Waals surface area contributed by atoms with E-state index >= 15 is 0 Å². The molecule has 0 bridgehead atoms. The molecule has 1 aliphatic rings. The van der Waals surface area contributed by atoms with Crippen molar-refractivity contribution in [2.45, 2.75) is 19.5 Å². The van der Waals surface area contributed by atoms with Gasteiger partial charge >= 0.3 is 0 Å². The Morgan fingerprint density at radius 1 is 1.00 bits per heavy atom. The molecule has 0 spiro atoms. The average molecular weight is 453 g/mol. The minimum Gasteiger partial charge on any atom is -0.331 e. The minimum atomic E-state index is 0.0891. The molecular formula is C25H20N6OS. The fourth-order valence-corrected chi connectivity index (χ4v) is 4.02. The van der Waals surface area contributed by atoms with Crippen LogP contribution in [0.3, 0.4) is 0 Å². The van der Waals surface area contributed by atoms with Gasteiger partial charge < -0.3 is 4.90 Å². The van der Waals surface area contributed by atoms with Crippen LogP contribution in [-0.4, -0.2) is 41.1 Å². The number of thiol groups is 1. The molecule has 0 saturated carbocycles. The highest BCUT2D eigenvalue weighted by atomic mass is 32.1. The molecule has 5 rings (SSSR count). The van der Waals surface area contributed by atoms with Crippen LogP contribution < -0.4 is 0 Å². The van der Waals surface area contributed by atoms with Crippen molar-refractivity contribution in [3.8, 4) is 28.9 Å². The molecule has 8 heteroatoms. The second kappa shape index (κ2) is 9.27. The maximum absolute atomic E-state index is 12.5. The van der Waals surface area contributed by atoms with Crippen LogP contribution in [0.15, 0.2) is 67.3 Å². The van der Waals surface area contributed by atoms with E-state index in [9.17, 15) is 4.79 Å². The molecule has 7 nitrogen and oxygen atoms in total. The zero-order valence-electron chi connectivity index (χ0n) is 17.7. The predicted molar refractivity (Wildman–Crippen MR) is 128 cm³/mol. The van der Waals surface area contributed by atoms with Crippen LogP contribution in [-0.2, 0) is 17.9 Å². The normalized spacial score (nSPS) is 12.2. The molecule has 3 aromatic heterocycles. The van der Waals surface area contributed by atoms with Gasteiger partial charge in [-0.1, -0.05) is 18.1 Å². The van der Waals surface area contributed by atoms with Crippen molar-refractivity contribution in [1.29, 1.82) is 0 Å². The topological polar surface area (TPSA) is 76.8 Å². The Morgan fingerprint density at radius 3 is 2.61 bits per heavy atom. The van der Waals surface area contributed by atoms with E-state index < -0.39 is 0 Å². The molecule has 0 fully saturated rings. The summed E-state index contributed by atoms with van der Waals surface area (Å²) in [7, 11) is 0. The Balaban J connectivity index is 1.54. The molecule has 0 aliphatic carbocycles. The Morgan fingerprint density at radius 2 is 1.82 bits per heavy atom. The summed E-state index contributed by atoms with van der Waals surface area (Å²) in [6.07, 6.45) is 7.27. The van der Waals surface area contributed by atoms with Crippen LogP contribution in [0.5, 0.6) is 0 Å². The summed E-state index contributed by atoms with van der Waals surface area (Å²) in [5.41, 5.74) is 4.65. The van der Waals surface area contributed by atoms with Crippen molar-refractivity contribution < 1.29 is 4.79 Å². The number of hydrogen-bond acceptors (Lipinski definition) is 6. The van der Waals surface area contributed by atoms with Gasteiger partial charge in [-0.15, -0.1) is 0 Å². The summed E-state index contributed by atoms with van der Waals surface area (Å²) in [4.78, 5) is 31.7. The maximum Gasteiger partial charge on any atom is 0.224 e. The molecule has 1 aromatic carbocycles. The molecule has 1 amide bonds. The Hall–Kier alpha value is -3.96. The van der Waals surface area contributed by atoms with Gasteiger partial charge in [0.05, 0.1) is 30.2 Å². The molecule has 1 aliphatic heterocycles. The van der Waals surface area contributed by atoms with Crippen molar-refractivity contribution in [3.63, 3.8) is 0 Å². The van der Waals surface area contributed by atoms with E-state index in [1.165, 1.54) is 0 Å². The van der Waals surface area contributed by atoms with Gasteiger partial charge in [0.15, 0.2) is 0 Å². The number of carbonyl (C=O) groups is 1. The van der Waals surface area contributed by atoms with Crippen LogP contribution in [0, 0.1) is 11.8 Å². The van der Waals surface area contributed by atoms with Crippen molar-refractivity contribution in [1.82, 2.24) is 29.4 Å². The van der Waals surface area contributed by atoms with Crippen LogP contribution >= 0.6 is 12.6 Å². The van der Waals surface area contributed by atoms with E-state index in [0.29, 0.717) is 31.1 Å². The van der Waals surface area contributed by atoms with Crippen LogP contribution in [0.2, 0.25) is 0 Å². The maximum atomic E-state index is 12.5. The van der Waals surface area contributed by atoms with Crippen molar-refractivity contribution in [2.75, 3.05) is 5.75 Å². The number of benzene rings is 1. The largest absolute Gasteiger partial charge is 0.331 e. The highest BCUT2D eigenvalue weighted by Gasteiger charge is 2.30. The number of fused-ring (bicyclic) bond motifs is 1.